The number of likely N-dealkylation sites (N-methyl/N-ethyl adjacent to an activating group) is 1. The first-order chi connectivity index (χ1) is 6.78. The first kappa shape index (κ1) is 10.4. The van der Waals surface area contributed by atoms with Crippen molar-refractivity contribution >= 4 is 22.9 Å². The predicted octanol–water partition coefficient (Wildman–Crippen LogP) is 1.59. The topological polar surface area (TPSA) is 28.2 Å². The average Bonchev–Trinajstić information content (AvgIpc) is 2.76. The van der Waals surface area contributed by atoms with Gasteiger partial charge in [0.25, 0.3) is 0 Å². The van der Waals surface area contributed by atoms with E-state index in [0.29, 0.717) is 10.5 Å². The number of nitrogens with zero attached hydrogens (tertiary/aromatic N) is 2. The molecule has 5 heteroatoms. The Kier molecular flexibility index (Phi) is 3.38. The quantitative estimate of drug-likeness (QED) is 0.857. The molecule has 1 aliphatic heterocycles. The average molecular weight is 232 g/mol. The highest BCUT2D eigenvalue weighted by atomic mass is 35.5. The highest BCUT2D eigenvalue weighted by molar-refractivity contribution is 7.15. The summed E-state index contributed by atoms with van der Waals surface area (Å²) in [5.41, 5.74) is 0. The monoisotopic (exact) mass is 231 g/mol. The molecule has 0 bridgehead atoms. The predicted molar refractivity (Wildman–Crippen MR) is 59.9 cm³/mol. The third kappa shape index (κ3) is 2.45. The molecule has 0 saturated carbocycles. The van der Waals surface area contributed by atoms with E-state index in [2.05, 4.69) is 15.2 Å². The summed E-state index contributed by atoms with van der Waals surface area (Å²) in [5.74, 6) is 0. The lowest BCUT2D eigenvalue weighted by molar-refractivity contribution is 0.325. The summed E-state index contributed by atoms with van der Waals surface area (Å²) >= 11 is 7.35. The van der Waals surface area contributed by atoms with Gasteiger partial charge in [-0.3, -0.25) is 4.90 Å². The molecule has 0 radical (unpaired) electrons. The molecule has 0 aliphatic carbocycles. The number of hydrogen-bond donors (Lipinski definition) is 1. The van der Waals surface area contributed by atoms with E-state index in [1.165, 1.54) is 17.8 Å². The van der Waals surface area contributed by atoms with Crippen LogP contribution in [0.2, 0.25) is 4.47 Å². The number of aromatic nitrogens is 1. The number of halogens is 1. The molecule has 78 valence electrons. The Balaban J connectivity index is 1.87. The van der Waals surface area contributed by atoms with Crippen molar-refractivity contribution in [2.45, 2.75) is 19.0 Å². The Morgan fingerprint density at radius 2 is 2.64 bits per heavy atom. The summed E-state index contributed by atoms with van der Waals surface area (Å²) in [7, 11) is 2.03. The first-order valence-electron chi connectivity index (χ1n) is 4.78. The highest BCUT2D eigenvalue weighted by Crippen LogP contribution is 2.21. The SMILES string of the molecule is CNC1CCN(Cc2cnc(Cl)s2)C1. The fraction of sp³-hybridized carbons (Fsp3) is 0.667. The Bertz CT molecular complexity index is 302. The van der Waals surface area contributed by atoms with Gasteiger partial charge in [0.05, 0.1) is 0 Å². The standard InChI is InChI=1S/C9H14ClN3S/c1-11-7-2-3-13(5-7)6-8-4-12-9(10)14-8/h4,7,11H,2-3,5-6H2,1H3. The minimum absolute atomic E-state index is 0.643. The molecule has 1 unspecified atom stereocenters. The van der Waals surface area contributed by atoms with E-state index in [1.807, 2.05) is 13.2 Å². The third-order valence-electron chi connectivity index (χ3n) is 2.59. The summed E-state index contributed by atoms with van der Waals surface area (Å²) in [5, 5.41) is 3.30. The lowest BCUT2D eigenvalue weighted by Crippen LogP contribution is -2.29. The van der Waals surface area contributed by atoms with Crippen molar-refractivity contribution in [1.29, 1.82) is 0 Å². The van der Waals surface area contributed by atoms with Crippen molar-refractivity contribution in [2.24, 2.45) is 0 Å². The van der Waals surface area contributed by atoms with Gasteiger partial charge in [0, 0.05) is 36.8 Å². The fourth-order valence-corrected chi connectivity index (χ4v) is 2.81. The van der Waals surface area contributed by atoms with Crippen molar-refractivity contribution in [2.75, 3.05) is 20.1 Å². The molecule has 0 amide bonds. The lowest BCUT2D eigenvalue weighted by atomic mass is 10.3. The van der Waals surface area contributed by atoms with Crippen LogP contribution in [-0.2, 0) is 6.54 Å². The van der Waals surface area contributed by atoms with Crippen LogP contribution in [0.1, 0.15) is 11.3 Å². The van der Waals surface area contributed by atoms with E-state index in [4.69, 9.17) is 11.6 Å². The Hall–Kier alpha value is -0.160. The van der Waals surface area contributed by atoms with Crippen molar-refractivity contribution in [3.8, 4) is 0 Å². The van der Waals surface area contributed by atoms with Crippen LogP contribution in [-0.4, -0.2) is 36.1 Å². The molecule has 14 heavy (non-hydrogen) atoms. The molecule has 0 aromatic carbocycles. The molecule has 1 aliphatic rings. The molecular weight excluding hydrogens is 218 g/mol. The number of rotatable bonds is 3. The summed E-state index contributed by atoms with van der Waals surface area (Å²) in [4.78, 5) is 7.73. The van der Waals surface area contributed by atoms with Gasteiger partial charge in [0.15, 0.2) is 4.47 Å². The number of likely N-dealkylation sites (tertiary alicyclic amines) is 1. The van der Waals surface area contributed by atoms with Gasteiger partial charge in [-0.1, -0.05) is 11.6 Å². The van der Waals surface area contributed by atoms with Gasteiger partial charge in [0.2, 0.25) is 0 Å². The van der Waals surface area contributed by atoms with Crippen LogP contribution >= 0.6 is 22.9 Å². The maximum absolute atomic E-state index is 5.78. The second-order valence-electron chi connectivity index (χ2n) is 3.59. The van der Waals surface area contributed by atoms with Gasteiger partial charge in [-0.15, -0.1) is 11.3 Å². The van der Waals surface area contributed by atoms with E-state index in [9.17, 15) is 0 Å². The minimum atomic E-state index is 0.643. The number of hydrogen-bond acceptors (Lipinski definition) is 4. The largest absolute Gasteiger partial charge is 0.316 e. The van der Waals surface area contributed by atoms with Gasteiger partial charge < -0.3 is 5.32 Å². The summed E-state index contributed by atoms with van der Waals surface area (Å²) in [6.07, 6.45) is 3.11. The van der Waals surface area contributed by atoms with Crippen LogP contribution in [0, 0.1) is 0 Å². The zero-order valence-electron chi connectivity index (χ0n) is 8.16. The number of thiazole rings is 1. The van der Waals surface area contributed by atoms with Gasteiger partial charge in [-0.25, -0.2) is 4.98 Å². The maximum atomic E-state index is 5.78. The van der Waals surface area contributed by atoms with Crippen LogP contribution in [0.4, 0.5) is 0 Å². The van der Waals surface area contributed by atoms with Crippen LogP contribution in [0.15, 0.2) is 6.20 Å². The van der Waals surface area contributed by atoms with Gasteiger partial charge >= 0.3 is 0 Å². The molecule has 1 fully saturated rings. The molecule has 1 atom stereocenters. The molecule has 1 aromatic heterocycles. The van der Waals surface area contributed by atoms with Crippen LogP contribution < -0.4 is 5.32 Å². The maximum Gasteiger partial charge on any atom is 0.183 e. The summed E-state index contributed by atoms with van der Waals surface area (Å²) in [6, 6.07) is 0.651. The van der Waals surface area contributed by atoms with Gasteiger partial charge in [-0.05, 0) is 13.5 Å². The molecule has 2 heterocycles. The van der Waals surface area contributed by atoms with Crippen LogP contribution in [0.5, 0.6) is 0 Å². The lowest BCUT2D eigenvalue weighted by Gasteiger charge is -2.13. The van der Waals surface area contributed by atoms with E-state index >= 15 is 0 Å². The second kappa shape index (κ2) is 4.57. The minimum Gasteiger partial charge on any atom is -0.316 e. The van der Waals surface area contributed by atoms with Crippen molar-refractivity contribution < 1.29 is 0 Å². The van der Waals surface area contributed by atoms with Gasteiger partial charge in [-0.2, -0.15) is 0 Å². The smallest absolute Gasteiger partial charge is 0.183 e. The van der Waals surface area contributed by atoms with Crippen molar-refractivity contribution in [3.05, 3.63) is 15.5 Å². The number of nitrogens with one attached hydrogen (secondary N) is 1. The third-order valence-corrected chi connectivity index (χ3v) is 3.69. The van der Waals surface area contributed by atoms with E-state index in [1.54, 1.807) is 11.3 Å². The summed E-state index contributed by atoms with van der Waals surface area (Å²) < 4.78 is 0.643. The molecule has 1 saturated heterocycles. The van der Waals surface area contributed by atoms with E-state index < -0.39 is 0 Å². The van der Waals surface area contributed by atoms with Crippen LogP contribution in [0.25, 0.3) is 0 Å². The van der Waals surface area contributed by atoms with E-state index in [0.717, 1.165) is 13.1 Å². The molecule has 1 aromatic rings. The Morgan fingerprint density at radius 1 is 1.79 bits per heavy atom. The molecular formula is C9H14ClN3S. The summed E-state index contributed by atoms with van der Waals surface area (Å²) in [6.45, 7) is 3.29. The zero-order valence-corrected chi connectivity index (χ0v) is 9.74. The fourth-order valence-electron chi connectivity index (χ4n) is 1.79. The molecule has 0 spiro atoms. The molecule has 2 rings (SSSR count). The normalized spacial score (nSPS) is 23.1. The van der Waals surface area contributed by atoms with Crippen molar-refractivity contribution in [1.82, 2.24) is 15.2 Å². The van der Waals surface area contributed by atoms with Crippen LogP contribution in [0.3, 0.4) is 0 Å². The Morgan fingerprint density at radius 3 is 3.21 bits per heavy atom. The second-order valence-corrected chi connectivity index (χ2v) is 5.29. The first-order valence-corrected chi connectivity index (χ1v) is 5.97. The molecule has 3 nitrogen and oxygen atoms in total. The van der Waals surface area contributed by atoms with E-state index in [-0.39, 0.29) is 0 Å². The highest BCUT2D eigenvalue weighted by Gasteiger charge is 2.21. The Labute approximate surface area is 93.1 Å². The molecule has 1 N–H and O–H groups in total. The zero-order chi connectivity index (χ0) is 9.97. The van der Waals surface area contributed by atoms with Crippen molar-refractivity contribution in [3.63, 3.8) is 0 Å². The van der Waals surface area contributed by atoms with Gasteiger partial charge in [0.1, 0.15) is 0 Å².